The van der Waals surface area contributed by atoms with Crippen molar-refractivity contribution in [3.05, 3.63) is 36.5 Å². The van der Waals surface area contributed by atoms with E-state index in [1.54, 1.807) is 0 Å². The van der Waals surface area contributed by atoms with E-state index in [0.29, 0.717) is 19.3 Å². The van der Waals surface area contributed by atoms with Crippen molar-refractivity contribution < 1.29 is 28.6 Å². The SMILES string of the molecule is CCCCCCC/C=C\C/C=C\C/C=C\CCCCCCCCCCCCCCCCCCCCC(=O)OCC(COC(=O)CCCCCCCCCC)OC(=O)CCCCCCCCCCCCCCCCCCCCCCC. The summed E-state index contributed by atoms with van der Waals surface area (Å²) in [6.45, 7) is 6.67. The van der Waals surface area contributed by atoms with Crippen molar-refractivity contribution in [2.24, 2.45) is 0 Å². The van der Waals surface area contributed by atoms with E-state index in [1.165, 1.54) is 289 Å². The molecule has 6 heteroatoms. The Balaban J connectivity index is 4.01. The Labute approximate surface area is 499 Å². The lowest BCUT2D eigenvalue weighted by molar-refractivity contribution is -0.167. The Morgan fingerprint density at radius 2 is 0.450 bits per heavy atom. The van der Waals surface area contributed by atoms with Crippen LogP contribution in [-0.4, -0.2) is 37.2 Å². The standard InChI is InChI=1S/C74H138O6/c1-4-7-10-13-16-19-21-23-25-27-29-31-32-33-34-35-36-37-38-39-40-41-42-44-45-47-49-51-53-55-58-61-64-67-73(76)79-70-71(69-78-72(75)66-63-60-57-18-15-12-9-6-3)80-74(77)68-65-62-59-56-54-52-50-48-46-43-30-28-26-24-22-20-17-14-11-8-5-2/h21,23,27,29,32-33,71H,4-20,22,24-26,28,30-31,34-70H2,1-3H3/b23-21-,29-27-,33-32-. The van der Waals surface area contributed by atoms with Gasteiger partial charge in [0.25, 0.3) is 0 Å². The average Bonchev–Trinajstić information content (AvgIpc) is 3.46. The lowest BCUT2D eigenvalue weighted by atomic mass is 10.0. The van der Waals surface area contributed by atoms with E-state index >= 15 is 0 Å². The van der Waals surface area contributed by atoms with Crippen molar-refractivity contribution in [3.8, 4) is 0 Å². The van der Waals surface area contributed by atoms with Gasteiger partial charge in [0.1, 0.15) is 13.2 Å². The quantitative estimate of drug-likeness (QED) is 0.0261. The van der Waals surface area contributed by atoms with Crippen molar-refractivity contribution in [2.75, 3.05) is 13.2 Å². The topological polar surface area (TPSA) is 78.9 Å². The number of ether oxygens (including phenoxy) is 3. The maximum Gasteiger partial charge on any atom is 0.306 e. The fourth-order valence-corrected chi connectivity index (χ4v) is 11.0. The van der Waals surface area contributed by atoms with Gasteiger partial charge in [0, 0.05) is 19.3 Å². The van der Waals surface area contributed by atoms with Gasteiger partial charge in [-0.25, -0.2) is 0 Å². The van der Waals surface area contributed by atoms with E-state index in [-0.39, 0.29) is 31.1 Å². The fourth-order valence-electron chi connectivity index (χ4n) is 11.0. The van der Waals surface area contributed by atoms with Crippen LogP contribution >= 0.6 is 0 Å². The highest BCUT2D eigenvalue weighted by molar-refractivity contribution is 5.71. The summed E-state index contributed by atoms with van der Waals surface area (Å²) >= 11 is 0. The highest BCUT2D eigenvalue weighted by atomic mass is 16.6. The molecule has 1 atom stereocenters. The highest BCUT2D eigenvalue weighted by Crippen LogP contribution is 2.19. The summed E-state index contributed by atoms with van der Waals surface area (Å²) < 4.78 is 16.9. The molecule has 0 aromatic carbocycles. The molecule has 0 N–H and O–H groups in total. The molecule has 0 fully saturated rings. The molecule has 0 spiro atoms. The molecule has 0 saturated heterocycles. The molecule has 0 aliphatic rings. The zero-order valence-electron chi connectivity index (χ0n) is 54.1. The predicted molar refractivity (Wildman–Crippen MR) is 349 cm³/mol. The molecule has 0 aromatic heterocycles. The Morgan fingerprint density at radius 1 is 0.250 bits per heavy atom. The van der Waals surface area contributed by atoms with Gasteiger partial charge in [0.15, 0.2) is 6.10 Å². The molecule has 80 heavy (non-hydrogen) atoms. The number of hydrogen-bond acceptors (Lipinski definition) is 6. The first kappa shape index (κ1) is 77.6. The van der Waals surface area contributed by atoms with E-state index in [2.05, 4.69) is 57.2 Å². The van der Waals surface area contributed by atoms with Gasteiger partial charge in [-0.3, -0.25) is 14.4 Å². The maximum atomic E-state index is 12.9. The highest BCUT2D eigenvalue weighted by Gasteiger charge is 2.19. The number of hydrogen-bond donors (Lipinski definition) is 0. The molecule has 0 aromatic rings. The van der Waals surface area contributed by atoms with Gasteiger partial charge in [-0.2, -0.15) is 0 Å². The normalized spacial score (nSPS) is 12.2. The molecule has 470 valence electrons. The molecular weight excluding hydrogens is 985 g/mol. The first-order valence-corrected chi connectivity index (χ1v) is 36.0. The second kappa shape index (κ2) is 69.1. The van der Waals surface area contributed by atoms with Crippen LogP contribution in [0.5, 0.6) is 0 Å². The van der Waals surface area contributed by atoms with Gasteiger partial charge in [-0.1, -0.05) is 359 Å². The number of allylic oxidation sites excluding steroid dienone is 6. The van der Waals surface area contributed by atoms with Crippen molar-refractivity contribution in [3.63, 3.8) is 0 Å². The summed E-state index contributed by atoms with van der Waals surface area (Å²) in [4.78, 5) is 38.2. The molecule has 0 aliphatic heterocycles. The van der Waals surface area contributed by atoms with Gasteiger partial charge >= 0.3 is 17.9 Å². The van der Waals surface area contributed by atoms with Crippen molar-refractivity contribution in [1.82, 2.24) is 0 Å². The molecule has 0 heterocycles. The van der Waals surface area contributed by atoms with Crippen LogP contribution in [0.2, 0.25) is 0 Å². The predicted octanol–water partition coefficient (Wildman–Crippen LogP) is 24.7. The minimum Gasteiger partial charge on any atom is -0.462 e. The third kappa shape index (κ3) is 66.4. The zero-order valence-corrected chi connectivity index (χ0v) is 54.1. The van der Waals surface area contributed by atoms with E-state index < -0.39 is 6.10 Å². The first-order valence-electron chi connectivity index (χ1n) is 36.0. The van der Waals surface area contributed by atoms with Crippen LogP contribution in [0.3, 0.4) is 0 Å². The van der Waals surface area contributed by atoms with Crippen molar-refractivity contribution >= 4 is 17.9 Å². The Kier molecular flexibility index (Phi) is 67.1. The average molecular weight is 1120 g/mol. The molecule has 0 rings (SSSR count). The minimum atomic E-state index is -0.766. The molecule has 0 radical (unpaired) electrons. The van der Waals surface area contributed by atoms with Gasteiger partial charge in [0.05, 0.1) is 0 Å². The molecule has 1 unspecified atom stereocenters. The van der Waals surface area contributed by atoms with Crippen LogP contribution in [0.25, 0.3) is 0 Å². The van der Waals surface area contributed by atoms with Crippen molar-refractivity contribution in [1.29, 1.82) is 0 Å². The molecule has 0 aliphatic carbocycles. The van der Waals surface area contributed by atoms with E-state index in [4.69, 9.17) is 14.2 Å². The Morgan fingerprint density at radius 3 is 0.700 bits per heavy atom. The lowest BCUT2D eigenvalue weighted by Gasteiger charge is -2.18. The number of esters is 3. The summed E-state index contributed by atoms with van der Waals surface area (Å²) in [5.41, 5.74) is 0. The van der Waals surface area contributed by atoms with E-state index in [0.717, 1.165) is 70.6 Å². The van der Waals surface area contributed by atoms with Crippen LogP contribution in [-0.2, 0) is 28.6 Å². The largest absolute Gasteiger partial charge is 0.462 e. The summed E-state index contributed by atoms with van der Waals surface area (Å²) in [7, 11) is 0. The molecule has 0 bridgehead atoms. The van der Waals surface area contributed by atoms with E-state index in [9.17, 15) is 14.4 Å². The Hall–Kier alpha value is -2.37. The fraction of sp³-hybridized carbons (Fsp3) is 0.878. The van der Waals surface area contributed by atoms with Gasteiger partial charge in [-0.05, 0) is 57.8 Å². The summed E-state index contributed by atoms with van der Waals surface area (Å²) in [5, 5.41) is 0. The third-order valence-corrected chi connectivity index (χ3v) is 16.4. The monoisotopic (exact) mass is 1120 g/mol. The first-order chi connectivity index (χ1) is 39.5. The van der Waals surface area contributed by atoms with Gasteiger partial charge in [0.2, 0.25) is 0 Å². The number of unbranched alkanes of at least 4 members (excludes halogenated alkanes) is 50. The smallest absolute Gasteiger partial charge is 0.306 e. The second-order valence-corrected chi connectivity index (χ2v) is 24.5. The molecule has 0 amide bonds. The van der Waals surface area contributed by atoms with Gasteiger partial charge < -0.3 is 14.2 Å². The minimum absolute atomic E-state index is 0.0650. The third-order valence-electron chi connectivity index (χ3n) is 16.4. The van der Waals surface area contributed by atoms with Crippen molar-refractivity contribution in [2.45, 2.75) is 406 Å². The van der Waals surface area contributed by atoms with E-state index in [1.807, 2.05) is 0 Å². The van der Waals surface area contributed by atoms with Gasteiger partial charge in [-0.15, -0.1) is 0 Å². The van der Waals surface area contributed by atoms with Crippen LogP contribution in [0.4, 0.5) is 0 Å². The summed E-state index contributed by atoms with van der Waals surface area (Å²) in [6.07, 6.45) is 86.3. The second-order valence-electron chi connectivity index (χ2n) is 24.5. The summed E-state index contributed by atoms with van der Waals surface area (Å²) in [5.74, 6) is -0.840. The Bertz CT molecular complexity index is 1340. The molecule has 0 saturated carbocycles. The zero-order chi connectivity index (χ0) is 57.8. The van der Waals surface area contributed by atoms with Crippen LogP contribution in [0.1, 0.15) is 400 Å². The maximum absolute atomic E-state index is 12.9. The molecule has 6 nitrogen and oxygen atoms in total. The number of carbonyl (C=O) groups is 3. The number of rotatable bonds is 67. The number of carbonyl (C=O) groups excluding carboxylic acids is 3. The van der Waals surface area contributed by atoms with Crippen LogP contribution in [0, 0.1) is 0 Å². The van der Waals surface area contributed by atoms with Crippen LogP contribution < -0.4 is 0 Å². The lowest BCUT2D eigenvalue weighted by Crippen LogP contribution is -2.30. The molecular formula is C74H138O6. The summed E-state index contributed by atoms with van der Waals surface area (Å²) in [6, 6.07) is 0. The van der Waals surface area contributed by atoms with Crippen LogP contribution in [0.15, 0.2) is 36.5 Å².